The van der Waals surface area contributed by atoms with E-state index in [9.17, 15) is 5.11 Å². The van der Waals surface area contributed by atoms with Gasteiger partial charge in [0.1, 0.15) is 0 Å². The average molecular weight is 340 g/mol. The van der Waals surface area contributed by atoms with Gasteiger partial charge < -0.3 is 5.11 Å². The summed E-state index contributed by atoms with van der Waals surface area (Å²) in [7, 11) is 0. The fourth-order valence-corrected chi connectivity index (χ4v) is 6.77. The van der Waals surface area contributed by atoms with Crippen molar-refractivity contribution in [3.05, 3.63) is 24.1 Å². The van der Waals surface area contributed by atoms with Crippen LogP contribution < -0.4 is 0 Å². The van der Waals surface area contributed by atoms with Gasteiger partial charge in [0.2, 0.25) is 0 Å². The van der Waals surface area contributed by atoms with Crippen LogP contribution in [-0.2, 0) is 0 Å². The van der Waals surface area contributed by atoms with Gasteiger partial charge in [0.05, 0.1) is 11.8 Å². The molecule has 0 aromatic carbocycles. The summed E-state index contributed by atoms with van der Waals surface area (Å²) in [5.74, 6) is 2.17. The number of nitrogens with zero attached hydrogens (tertiary/aromatic N) is 4. The smallest absolute Gasteiger partial charge is 0.162 e. The average Bonchev–Trinajstić information content (AvgIpc) is 3.22. The van der Waals surface area contributed by atoms with Crippen molar-refractivity contribution in [3.63, 3.8) is 0 Å². The highest BCUT2D eigenvalue weighted by Gasteiger charge is 2.57. The monoisotopic (exact) mass is 340 g/mol. The first kappa shape index (κ1) is 15.7. The number of hydrogen-bond acceptors (Lipinski definition) is 4. The van der Waals surface area contributed by atoms with Gasteiger partial charge in [0, 0.05) is 5.41 Å². The molecule has 4 aliphatic rings. The van der Waals surface area contributed by atoms with E-state index in [1.807, 2.05) is 0 Å². The first-order chi connectivity index (χ1) is 12.0. The molecule has 2 saturated carbocycles. The van der Waals surface area contributed by atoms with E-state index in [2.05, 4.69) is 41.4 Å². The van der Waals surface area contributed by atoms with Gasteiger partial charge in [0.15, 0.2) is 6.33 Å². The Bertz CT molecular complexity index is 739. The van der Waals surface area contributed by atoms with Crippen molar-refractivity contribution in [3.8, 4) is 0 Å². The lowest BCUT2D eigenvalue weighted by Gasteiger charge is -2.57. The van der Waals surface area contributed by atoms with Crippen molar-refractivity contribution < 1.29 is 5.11 Å². The molecule has 6 atom stereocenters. The Labute approximate surface area is 149 Å². The SMILES string of the molecule is C[C@]12CC[C@H](O)CC1=CC[C@@H]1[C@@H]2CC[C@]2(C)C(n3ncnn3)=CC[C@@H]12. The van der Waals surface area contributed by atoms with Crippen LogP contribution in [0.1, 0.15) is 58.8 Å². The van der Waals surface area contributed by atoms with Crippen LogP contribution in [0.5, 0.6) is 0 Å². The van der Waals surface area contributed by atoms with Gasteiger partial charge in [-0.15, -0.1) is 15.0 Å². The summed E-state index contributed by atoms with van der Waals surface area (Å²) in [5, 5.41) is 22.5. The van der Waals surface area contributed by atoms with Gasteiger partial charge in [-0.2, -0.15) is 0 Å². The lowest BCUT2D eigenvalue weighted by atomic mass is 9.48. The van der Waals surface area contributed by atoms with E-state index in [1.54, 1.807) is 10.4 Å². The zero-order valence-corrected chi connectivity index (χ0v) is 15.2. The minimum Gasteiger partial charge on any atom is -0.393 e. The predicted molar refractivity (Wildman–Crippen MR) is 95.2 cm³/mol. The zero-order valence-electron chi connectivity index (χ0n) is 15.2. The highest BCUT2D eigenvalue weighted by atomic mass is 16.3. The highest BCUT2D eigenvalue weighted by molar-refractivity contribution is 5.55. The maximum atomic E-state index is 10.1. The molecule has 5 rings (SSSR count). The molecule has 0 saturated heterocycles. The third-order valence-corrected chi connectivity index (χ3v) is 8.18. The second-order valence-electron chi connectivity index (χ2n) is 9.16. The molecule has 1 heterocycles. The number of allylic oxidation sites excluding steroid dienone is 3. The topological polar surface area (TPSA) is 63.8 Å². The first-order valence-corrected chi connectivity index (χ1v) is 9.84. The zero-order chi connectivity index (χ0) is 17.2. The number of fused-ring (bicyclic) bond motifs is 5. The van der Waals surface area contributed by atoms with Crippen LogP contribution in [0.2, 0.25) is 0 Å². The molecule has 0 amide bonds. The van der Waals surface area contributed by atoms with Gasteiger partial charge in [-0.25, -0.2) is 0 Å². The molecule has 25 heavy (non-hydrogen) atoms. The van der Waals surface area contributed by atoms with Crippen LogP contribution in [0.4, 0.5) is 0 Å². The standard InChI is InChI=1S/C20H28N4O/c1-19-9-7-14(25)11-13(19)3-4-15-16-5-6-18(24-22-12-21-23-24)20(16,2)10-8-17(15)19/h3,6,12,14-17,25H,4-5,7-11H2,1-2H3/t14-,15-,16-,17-,19-,20-/m0/s1. The molecule has 1 N–H and O–H groups in total. The van der Waals surface area contributed by atoms with Gasteiger partial charge in [-0.3, -0.25) is 0 Å². The first-order valence-electron chi connectivity index (χ1n) is 9.84. The molecule has 0 aliphatic heterocycles. The number of rotatable bonds is 1. The summed E-state index contributed by atoms with van der Waals surface area (Å²) < 4.78 is 0. The maximum Gasteiger partial charge on any atom is 0.162 e. The normalized spacial score (nSPS) is 45.9. The molecular formula is C20H28N4O. The molecular weight excluding hydrogens is 312 g/mol. The Kier molecular flexibility index (Phi) is 3.31. The van der Waals surface area contributed by atoms with Crippen LogP contribution in [0.15, 0.2) is 24.1 Å². The fourth-order valence-electron chi connectivity index (χ4n) is 6.77. The Balaban J connectivity index is 1.48. The van der Waals surface area contributed by atoms with E-state index >= 15 is 0 Å². The summed E-state index contributed by atoms with van der Waals surface area (Å²) in [6.07, 6.45) is 14.1. The molecule has 1 aromatic rings. The molecule has 4 aliphatic carbocycles. The third-order valence-electron chi connectivity index (χ3n) is 8.18. The third kappa shape index (κ3) is 2.08. The number of aliphatic hydroxyl groups is 1. The number of aromatic nitrogens is 4. The van der Waals surface area contributed by atoms with E-state index in [1.165, 1.54) is 31.3 Å². The molecule has 0 bridgehead atoms. The van der Waals surface area contributed by atoms with E-state index in [0.29, 0.717) is 11.3 Å². The van der Waals surface area contributed by atoms with E-state index in [0.717, 1.165) is 37.5 Å². The summed E-state index contributed by atoms with van der Waals surface area (Å²) in [6.45, 7) is 4.90. The molecule has 2 fully saturated rings. The van der Waals surface area contributed by atoms with E-state index in [4.69, 9.17) is 0 Å². The van der Waals surface area contributed by atoms with Crippen LogP contribution >= 0.6 is 0 Å². The lowest BCUT2D eigenvalue weighted by Crippen LogP contribution is -2.50. The lowest BCUT2D eigenvalue weighted by molar-refractivity contribution is -0.0254. The molecule has 0 radical (unpaired) electrons. The van der Waals surface area contributed by atoms with Crippen LogP contribution in [0.25, 0.3) is 5.70 Å². The van der Waals surface area contributed by atoms with Crippen LogP contribution in [0, 0.1) is 28.6 Å². The largest absolute Gasteiger partial charge is 0.393 e. The Hall–Kier alpha value is -1.49. The number of tetrazole rings is 1. The van der Waals surface area contributed by atoms with Gasteiger partial charge in [0.25, 0.3) is 0 Å². The Morgan fingerprint density at radius 2 is 1.92 bits per heavy atom. The summed E-state index contributed by atoms with van der Waals surface area (Å²) in [6, 6.07) is 0. The molecule has 0 spiro atoms. The quantitative estimate of drug-likeness (QED) is 0.795. The van der Waals surface area contributed by atoms with Crippen molar-refractivity contribution in [2.75, 3.05) is 0 Å². The van der Waals surface area contributed by atoms with E-state index in [-0.39, 0.29) is 11.5 Å². The second kappa shape index (κ2) is 5.26. The van der Waals surface area contributed by atoms with Crippen molar-refractivity contribution in [2.24, 2.45) is 28.6 Å². The molecule has 0 unspecified atom stereocenters. The summed E-state index contributed by atoms with van der Waals surface area (Å²) in [5.41, 5.74) is 3.27. The van der Waals surface area contributed by atoms with Crippen molar-refractivity contribution in [1.82, 2.24) is 20.2 Å². The van der Waals surface area contributed by atoms with Gasteiger partial charge >= 0.3 is 0 Å². The van der Waals surface area contributed by atoms with E-state index < -0.39 is 0 Å². The predicted octanol–water partition coefficient (Wildman–Crippen LogP) is 3.45. The molecule has 134 valence electrons. The molecule has 5 nitrogen and oxygen atoms in total. The fraction of sp³-hybridized carbons (Fsp3) is 0.750. The highest BCUT2D eigenvalue weighted by Crippen LogP contribution is 2.65. The van der Waals surface area contributed by atoms with Crippen molar-refractivity contribution in [2.45, 2.75) is 64.9 Å². The summed E-state index contributed by atoms with van der Waals surface area (Å²) >= 11 is 0. The Morgan fingerprint density at radius 3 is 2.72 bits per heavy atom. The summed E-state index contributed by atoms with van der Waals surface area (Å²) in [4.78, 5) is 1.75. The minimum atomic E-state index is -0.122. The number of aliphatic hydroxyl groups excluding tert-OH is 1. The Morgan fingerprint density at radius 1 is 1.08 bits per heavy atom. The van der Waals surface area contributed by atoms with Crippen molar-refractivity contribution in [1.29, 1.82) is 0 Å². The molecule has 5 heteroatoms. The number of hydrogen-bond donors (Lipinski definition) is 1. The molecule has 1 aromatic heterocycles. The van der Waals surface area contributed by atoms with Gasteiger partial charge in [-0.1, -0.05) is 31.6 Å². The maximum absolute atomic E-state index is 10.1. The second-order valence-corrected chi connectivity index (χ2v) is 9.16. The van der Waals surface area contributed by atoms with Crippen molar-refractivity contribution >= 4 is 5.70 Å². The van der Waals surface area contributed by atoms with Gasteiger partial charge in [-0.05, 0) is 73.3 Å². The van der Waals surface area contributed by atoms with Crippen LogP contribution in [-0.4, -0.2) is 31.4 Å². The van der Waals surface area contributed by atoms with Crippen LogP contribution in [0.3, 0.4) is 0 Å². The minimum absolute atomic E-state index is 0.122.